The number of fused-ring (bicyclic) bond motifs is 6. The third-order valence-electron chi connectivity index (χ3n) is 10.9. The second-order valence-corrected chi connectivity index (χ2v) is 14.4. The maximum atomic E-state index is 6.76. The van der Waals surface area contributed by atoms with Crippen LogP contribution in [0.2, 0.25) is 0 Å². The first-order valence-electron chi connectivity index (χ1n) is 19.4. The number of rotatable bonds is 7. The van der Waals surface area contributed by atoms with Crippen LogP contribution in [0.25, 0.3) is 88.8 Å². The molecule has 2 aromatic heterocycles. The normalized spacial score (nSPS) is 11.4. The number of anilines is 3. The number of hydrogen-bond donors (Lipinski definition) is 0. The fraction of sp³-hybridized carbons (Fsp3) is 0. The van der Waals surface area contributed by atoms with Gasteiger partial charge in [0.15, 0.2) is 17.5 Å². The van der Waals surface area contributed by atoms with Gasteiger partial charge < -0.3 is 9.32 Å². The highest BCUT2D eigenvalue weighted by molar-refractivity contribution is 6.19. The molecule has 0 fully saturated rings. The maximum absolute atomic E-state index is 6.76. The molecule has 2 heterocycles. The molecule has 11 aromatic rings. The summed E-state index contributed by atoms with van der Waals surface area (Å²) >= 11 is 0. The van der Waals surface area contributed by atoms with Crippen molar-refractivity contribution in [1.29, 1.82) is 0 Å². The summed E-state index contributed by atoms with van der Waals surface area (Å²) in [5.74, 6) is 1.88. The van der Waals surface area contributed by atoms with Crippen LogP contribution in [0.1, 0.15) is 0 Å². The molecule has 11 rings (SSSR count). The van der Waals surface area contributed by atoms with Crippen molar-refractivity contribution in [2.24, 2.45) is 0 Å². The summed E-state index contributed by atoms with van der Waals surface area (Å²) in [4.78, 5) is 17.4. The monoisotopic (exact) mass is 742 g/mol. The van der Waals surface area contributed by atoms with Gasteiger partial charge in [0, 0.05) is 49.6 Å². The second kappa shape index (κ2) is 14.0. The number of furan rings is 1. The summed E-state index contributed by atoms with van der Waals surface area (Å²) in [5.41, 5.74) is 9.97. The first-order chi connectivity index (χ1) is 28.7. The summed E-state index contributed by atoms with van der Waals surface area (Å²) in [7, 11) is 0. The van der Waals surface area contributed by atoms with Crippen LogP contribution >= 0.6 is 0 Å². The van der Waals surface area contributed by atoms with E-state index in [2.05, 4.69) is 150 Å². The maximum Gasteiger partial charge on any atom is 0.164 e. The highest BCUT2D eigenvalue weighted by Crippen LogP contribution is 2.42. The van der Waals surface area contributed by atoms with Crippen LogP contribution in [0.4, 0.5) is 17.1 Å². The molecule has 0 amide bonds. The van der Waals surface area contributed by atoms with E-state index >= 15 is 0 Å². The predicted octanol–water partition coefficient (Wildman–Crippen LogP) is 14.2. The molecule has 0 bridgehead atoms. The van der Waals surface area contributed by atoms with Gasteiger partial charge >= 0.3 is 0 Å². The summed E-state index contributed by atoms with van der Waals surface area (Å²) in [6, 6.07) is 71.6. The number of hydrogen-bond acceptors (Lipinski definition) is 5. The van der Waals surface area contributed by atoms with Gasteiger partial charge in [0.25, 0.3) is 0 Å². The van der Waals surface area contributed by atoms with Gasteiger partial charge in [0.2, 0.25) is 0 Å². The zero-order valence-electron chi connectivity index (χ0n) is 31.3. The molecule has 58 heavy (non-hydrogen) atoms. The van der Waals surface area contributed by atoms with Crippen molar-refractivity contribution >= 4 is 60.5 Å². The molecular weight excluding hydrogens is 709 g/mol. The topological polar surface area (TPSA) is 55.1 Å². The van der Waals surface area contributed by atoms with Crippen LogP contribution in [-0.2, 0) is 0 Å². The van der Waals surface area contributed by atoms with Gasteiger partial charge in [0.1, 0.15) is 11.2 Å². The first kappa shape index (κ1) is 33.4. The van der Waals surface area contributed by atoms with E-state index in [1.807, 2.05) is 60.7 Å². The zero-order chi connectivity index (χ0) is 38.4. The highest BCUT2D eigenvalue weighted by atomic mass is 16.3. The summed E-state index contributed by atoms with van der Waals surface area (Å²) in [5, 5.41) is 6.49. The van der Waals surface area contributed by atoms with Crippen LogP contribution in [0.5, 0.6) is 0 Å². The number of para-hydroxylation sites is 1. The lowest BCUT2D eigenvalue weighted by Crippen LogP contribution is -2.10. The Labute approximate surface area is 335 Å². The third-order valence-corrected chi connectivity index (χ3v) is 10.9. The molecular formula is C53H34N4O. The lowest BCUT2D eigenvalue weighted by molar-refractivity contribution is 0.673. The third kappa shape index (κ3) is 5.85. The Bertz CT molecular complexity index is 3210. The van der Waals surface area contributed by atoms with E-state index in [-0.39, 0.29) is 0 Å². The van der Waals surface area contributed by atoms with Crippen LogP contribution in [0.3, 0.4) is 0 Å². The van der Waals surface area contributed by atoms with Gasteiger partial charge in [0.05, 0.1) is 5.69 Å². The highest BCUT2D eigenvalue weighted by Gasteiger charge is 2.20. The fourth-order valence-corrected chi connectivity index (χ4v) is 8.10. The lowest BCUT2D eigenvalue weighted by Gasteiger charge is -2.27. The van der Waals surface area contributed by atoms with Crippen molar-refractivity contribution in [1.82, 2.24) is 15.0 Å². The van der Waals surface area contributed by atoms with Gasteiger partial charge in [-0.05, 0) is 70.4 Å². The van der Waals surface area contributed by atoms with E-state index in [1.54, 1.807) is 0 Å². The number of aromatic nitrogens is 3. The minimum Gasteiger partial charge on any atom is -0.455 e. The van der Waals surface area contributed by atoms with Gasteiger partial charge in [-0.25, -0.2) is 15.0 Å². The Morgan fingerprint density at radius 1 is 0.345 bits per heavy atom. The second-order valence-electron chi connectivity index (χ2n) is 14.4. The molecule has 272 valence electrons. The minimum atomic E-state index is 0.616. The molecule has 0 unspecified atom stereocenters. The van der Waals surface area contributed by atoms with E-state index in [9.17, 15) is 0 Å². The van der Waals surface area contributed by atoms with E-state index in [0.29, 0.717) is 17.5 Å². The van der Waals surface area contributed by atoms with E-state index < -0.39 is 0 Å². The van der Waals surface area contributed by atoms with Crippen LogP contribution in [-0.4, -0.2) is 15.0 Å². The number of nitrogens with zero attached hydrogens (tertiary/aromatic N) is 4. The molecule has 0 atom stereocenters. The smallest absolute Gasteiger partial charge is 0.164 e. The lowest BCUT2D eigenvalue weighted by atomic mass is 9.98. The van der Waals surface area contributed by atoms with Gasteiger partial charge in [-0.3, -0.25) is 0 Å². The molecule has 0 N–H and O–H groups in total. The molecule has 0 aliphatic carbocycles. The van der Waals surface area contributed by atoms with Crippen LogP contribution in [0, 0.1) is 0 Å². The summed E-state index contributed by atoms with van der Waals surface area (Å²) in [6.07, 6.45) is 0. The summed E-state index contributed by atoms with van der Waals surface area (Å²) in [6.45, 7) is 0. The van der Waals surface area contributed by atoms with Crippen LogP contribution < -0.4 is 4.90 Å². The zero-order valence-corrected chi connectivity index (χ0v) is 31.3. The SMILES string of the molecule is c1ccc(-c2nc(-c3ccccc3)nc(-c3cc4c5ccc(-c6ccc(N(c7ccccc7)c7cccc8ccccc78)cc6)cc5oc4c4ccccc34)n2)cc1. The Morgan fingerprint density at radius 2 is 0.897 bits per heavy atom. The largest absolute Gasteiger partial charge is 0.455 e. The Balaban J connectivity index is 1.02. The van der Waals surface area contributed by atoms with Crippen molar-refractivity contribution in [3.63, 3.8) is 0 Å². The van der Waals surface area contributed by atoms with Crippen molar-refractivity contribution in [2.45, 2.75) is 0 Å². The molecule has 0 aliphatic heterocycles. The average Bonchev–Trinajstić information content (AvgIpc) is 3.68. The molecule has 0 aliphatic rings. The Morgan fingerprint density at radius 3 is 1.60 bits per heavy atom. The average molecular weight is 743 g/mol. The molecule has 0 radical (unpaired) electrons. The van der Waals surface area contributed by atoms with Crippen molar-refractivity contribution in [3.05, 3.63) is 206 Å². The Kier molecular flexibility index (Phi) is 8.07. The van der Waals surface area contributed by atoms with E-state index in [1.165, 1.54) is 10.8 Å². The molecule has 0 saturated carbocycles. The van der Waals surface area contributed by atoms with E-state index in [0.717, 1.165) is 77.6 Å². The number of benzene rings is 9. The fourth-order valence-electron chi connectivity index (χ4n) is 8.10. The standard InChI is InChI=1S/C53H34N4O/c1-4-16-37(17-5-1)51-54-52(38-18-6-2-7-19-38)56-53(55-51)47-34-46-44-32-29-39(33-49(44)58-50(46)45-25-13-12-24-43(45)47)35-27-30-41(31-28-35)57(40-21-8-3-9-22-40)48-26-14-20-36-15-10-11-23-42(36)48/h1-34H. The molecule has 5 nitrogen and oxygen atoms in total. The van der Waals surface area contributed by atoms with Gasteiger partial charge in [-0.2, -0.15) is 0 Å². The van der Waals surface area contributed by atoms with Crippen molar-refractivity contribution in [3.8, 4) is 45.3 Å². The first-order valence-corrected chi connectivity index (χ1v) is 19.4. The minimum absolute atomic E-state index is 0.616. The van der Waals surface area contributed by atoms with Gasteiger partial charge in [-0.1, -0.05) is 158 Å². The molecule has 0 saturated heterocycles. The molecule has 5 heteroatoms. The Hall–Kier alpha value is -7.89. The quantitative estimate of drug-likeness (QED) is 0.163. The molecule has 0 spiro atoms. The van der Waals surface area contributed by atoms with E-state index in [4.69, 9.17) is 19.4 Å². The van der Waals surface area contributed by atoms with Crippen molar-refractivity contribution in [2.75, 3.05) is 4.90 Å². The van der Waals surface area contributed by atoms with Crippen LogP contribution in [0.15, 0.2) is 211 Å². The summed E-state index contributed by atoms with van der Waals surface area (Å²) < 4.78 is 6.76. The van der Waals surface area contributed by atoms with Gasteiger partial charge in [-0.15, -0.1) is 0 Å². The predicted molar refractivity (Wildman–Crippen MR) is 239 cm³/mol. The van der Waals surface area contributed by atoms with Crippen molar-refractivity contribution < 1.29 is 4.42 Å². The molecule has 9 aromatic carbocycles.